The van der Waals surface area contributed by atoms with Crippen molar-refractivity contribution in [2.45, 2.75) is 32.3 Å². The van der Waals surface area contributed by atoms with E-state index >= 15 is 22.0 Å². The highest BCUT2D eigenvalue weighted by molar-refractivity contribution is 5.72. The molecule has 0 spiro atoms. The lowest BCUT2D eigenvalue weighted by molar-refractivity contribution is -0.189. The predicted molar refractivity (Wildman–Crippen MR) is 159 cm³/mol. The second-order valence-corrected chi connectivity index (χ2v) is 10.6. The van der Waals surface area contributed by atoms with Gasteiger partial charge in [0, 0.05) is 17.2 Å². The second kappa shape index (κ2) is 13.8. The first-order valence-electron chi connectivity index (χ1n) is 14.3. The van der Waals surface area contributed by atoms with E-state index in [0.717, 1.165) is 37.0 Å². The van der Waals surface area contributed by atoms with Gasteiger partial charge in [0.15, 0.2) is 17.4 Å². The topological polar surface area (TPSA) is 18.5 Å². The molecule has 0 aliphatic rings. The van der Waals surface area contributed by atoms with Crippen LogP contribution in [0.4, 0.5) is 39.5 Å². The van der Waals surface area contributed by atoms with Crippen LogP contribution in [0, 0.1) is 34.9 Å². The molecule has 0 bridgehead atoms. The summed E-state index contributed by atoms with van der Waals surface area (Å²) >= 11 is 0. The zero-order valence-corrected chi connectivity index (χ0v) is 24.6. The zero-order valence-electron chi connectivity index (χ0n) is 24.6. The van der Waals surface area contributed by atoms with E-state index < -0.39 is 70.5 Å². The third-order valence-corrected chi connectivity index (χ3v) is 7.41. The summed E-state index contributed by atoms with van der Waals surface area (Å²) < 4.78 is 139. The van der Waals surface area contributed by atoms with Gasteiger partial charge in [-0.3, -0.25) is 0 Å². The number of ether oxygens (including phenoxy) is 2. The predicted octanol–water partition coefficient (Wildman–Crippen LogP) is 11.3. The van der Waals surface area contributed by atoms with Gasteiger partial charge >= 0.3 is 6.11 Å². The lowest BCUT2D eigenvalue weighted by Gasteiger charge is -2.20. The van der Waals surface area contributed by atoms with Gasteiger partial charge in [0.25, 0.3) is 0 Å². The number of hydrogen-bond acceptors (Lipinski definition) is 2. The molecule has 0 saturated carbocycles. The lowest BCUT2D eigenvalue weighted by Crippen LogP contribution is -2.25. The smallest absolute Gasteiger partial charge is 0.432 e. The molecule has 244 valence electrons. The van der Waals surface area contributed by atoms with Crippen molar-refractivity contribution in [1.82, 2.24) is 0 Å². The molecule has 47 heavy (non-hydrogen) atoms. The average molecular weight is 661 g/mol. The normalized spacial score (nSPS) is 11.5. The van der Waals surface area contributed by atoms with Crippen LogP contribution < -0.4 is 9.47 Å². The minimum absolute atomic E-state index is 0.239. The molecule has 11 heteroatoms. The molecular formula is C36H25F9O2. The van der Waals surface area contributed by atoms with Gasteiger partial charge in [-0.2, -0.15) is 8.78 Å². The van der Waals surface area contributed by atoms with Crippen LogP contribution in [-0.2, 0) is 12.5 Å². The monoisotopic (exact) mass is 660 g/mol. The van der Waals surface area contributed by atoms with E-state index in [4.69, 9.17) is 0 Å². The summed E-state index contributed by atoms with van der Waals surface area (Å²) in [4.78, 5) is 0. The highest BCUT2D eigenvalue weighted by atomic mass is 19.3. The molecule has 0 aromatic heterocycles. The molecule has 0 fully saturated rings. The molecule has 0 atom stereocenters. The summed E-state index contributed by atoms with van der Waals surface area (Å²) in [6.45, 7) is 0.561. The summed E-state index contributed by atoms with van der Waals surface area (Å²) in [5.74, 6) is -10.2. The third-order valence-electron chi connectivity index (χ3n) is 7.41. The molecule has 0 N–H and O–H groups in total. The van der Waals surface area contributed by atoms with Gasteiger partial charge in [-0.25, -0.2) is 30.7 Å². The number of aryl methyl sites for hydroxylation is 1. The van der Waals surface area contributed by atoms with Gasteiger partial charge < -0.3 is 9.47 Å². The van der Waals surface area contributed by atoms with Crippen LogP contribution in [-0.4, -0.2) is 6.86 Å². The second-order valence-electron chi connectivity index (χ2n) is 10.6. The van der Waals surface area contributed by atoms with Crippen molar-refractivity contribution in [1.29, 1.82) is 0 Å². The molecule has 5 aromatic carbocycles. The molecule has 2 nitrogen and oxygen atoms in total. The van der Waals surface area contributed by atoms with Crippen LogP contribution in [0.2, 0.25) is 0 Å². The van der Waals surface area contributed by atoms with Crippen molar-refractivity contribution >= 4 is 0 Å². The minimum atomic E-state index is -4.67. The highest BCUT2D eigenvalue weighted by Crippen LogP contribution is 2.39. The van der Waals surface area contributed by atoms with Crippen LogP contribution in [0.5, 0.6) is 11.5 Å². The molecule has 0 aliphatic carbocycles. The summed E-state index contributed by atoms with van der Waals surface area (Å²) in [5, 5.41) is 0. The van der Waals surface area contributed by atoms with Gasteiger partial charge in [0.2, 0.25) is 6.86 Å². The largest absolute Gasteiger partial charge is 0.457 e. The summed E-state index contributed by atoms with van der Waals surface area (Å²) in [6, 6.07) is 15.9. The quantitative estimate of drug-likeness (QED) is 0.131. The fourth-order valence-electron chi connectivity index (χ4n) is 5.08. The maximum Gasteiger partial charge on any atom is 0.432 e. The van der Waals surface area contributed by atoms with E-state index in [9.17, 15) is 17.6 Å². The van der Waals surface area contributed by atoms with E-state index in [1.165, 1.54) is 18.2 Å². The maximum atomic E-state index is 15.1. The molecule has 0 radical (unpaired) electrons. The number of alkyl halides is 3. The Kier molecular flexibility index (Phi) is 9.83. The summed E-state index contributed by atoms with van der Waals surface area (Å²) in [5.41, 5.74) is -0.887. The molecule has 5 aromatic rings. The Balaban J connectivity index is 1.37. The first-order valence-corrected chi connectivity index (χ1v) is 14.3. The fourth-order valence-corrected chi connectivity index (χ4v) is 5.08. The van der Waals surface area contributed by atoms with Crippen molar-refractivity contribution in [2.75, 3.05) is 6.86 Å². The van der Waals surface area contributed by atoms with Crippen LogP contribution in [0.15, 0.2) is 84.9 Å². The average Bonchev–Trinajstić information content (AvgIpc) is 3.01. The first kappa shape index (κ1) is 33.4. The number of halogens is 9. The van der Waals surface area contributed by atoms with E-state index in [2.05, 4.69) is 16.4 Å². The van der Waals surface area contributed by atoms with Crippen LogP contribution in [0.1, 0.15) is 30.9 Å². The van der Waals surface area contributed by atoms with Crippen molar-refractivity contribution in [3.8, 4) is 44.9 Å². The molecular weight excluding hydrogens is 635 g/mol. The molecule has 5 rings (SSSR count). The van der Waals surface area contributed by atoms with E-state index in [-0.39, 0.29) is 16.7 Å². The Morgan fingerprint density at radius 2 is 1.09 bits per heavy atom. The van der Waals surface area contributed by atoms with E-state index in [1.807, 2.05) is 24.3 Å². The molecule has 0 amide bonds. The van der Waals surface area contributed by atoms with Crippen molar-refractivity contribution in [3.63, 3.8) is 0 Å². The number of hydrogen-bond donors (Lipinski definition) is 0. The van der Waals surface area contributed by atoms with Crippen LogP contribution >= 0.6 is 0 Å². The van der Waals surface area contributed by atoms with Crippen molar-refractivity contribution < 1.29 is 49.0 Å². The number of rotatable bonds is 11. The molecule has 0 aliphatic heterocycles. The SMILES string of the molecule is CCCCc1ccc(-c2ccc(-c3cc(F)c(C(F)(F)Oc4ccc(-c5cc(F)c(OCF)c(F)c5)c(F)c4)c(F)c3)c(F)c2)cc1. The van der Waals surface area contributed by atoms with Crippen LogP contribution in [0.3, 0.4) is 0 Å². The fraction of sp³-hybridized carbons (Fsp3) is 0.167. The van der Waals surface area contributed by atoms with Gasteiger partial charge in [0.05, 0.1) is 0 Å². The zero-order chi connectivity index (χ0) is 33.9. The maximum absolute atomic E-state index is 15.1. The van der Waals surface area contributed by atoms with Gasteiger partial charge in [-0.1, -0.05) is 49.7 Å². The molecule has 0 saturated heterocycles. The summed E-state index contributed by atoms with van der Waals surface area (Å²) in [6.07, 6.45) is -1.69. The van der Waals surface area contributed by atoms with E-state index in [0.29, 0.717) is 41.5 Å². The van der Waals surface area contributed by atoms with Gasteiger partial charge in [-0.05, 0) is 83.1 Å². The molecule has 0 heterocycles. The summed E-state index contributed by atoms with van der Waals surface area (Å²) in [7, 11) is 0. The third kappa shape index (κ3) is 7.24. The van der Waals surface area contributed by atoms with Crippen molar-refractivity contribution in [3.05, 3.63) is 131 Å². The Labute approximate surface area is 264 Å². The number of benzene rings is 5. The van der Waals surface area contributed by atoms with Gasteiger partial charge in [-0.15, -0.1) is 0 Å². The lowest BCUT2D eigenvalue weighted by atomic mass is 9.97. The first-order chi connectivity index (χ1) is 22.4. The number of unbranched alkanes of at least 4 members (excludes halogenated alkanes) is 1. The standard InChI is InChI=1S/C36H25F9O2/c1-2-3-4-20-5-7-21(8-6-20)22-9-11-26(28(38)13-22)23-14-30(40)34(31(41)15-23)36(44,45)47-25-10-12-27(29(39)18-25)24-16-32(42)35(46-19-37)33(43)17-24/h5-18H,2-4,19H2,1H3. The van der Waals surface area contributed by atoms with Crippen LogP contribution in [0.25, 0.3) is 33.4 Å². The highest BCUT2D eigenvalue weighted by Gasteiger charge is 2.41. The van der Waals surface area contributed by atoms with E-state index in [1.54, 1.807) is 0 Å². The minimum Gasteiger partial charge on any atom is -0.457 e. The Morgan fingerprint density at radius 3 is 1.62 bits per heavy atom. The Hall–Kier alpha value is -4.93. The van der Waals surface area contributed by atoms with Crippen molar-refractivity contribution in [2.24, 2.45) is 0 Å². The Morgan fingerprint density at radius 1 is 0.574 bits per heavy atom. The van der Waals surface area contributed by atoms with Gasteiger partial charge in [0.1, 0.15) is 34.6 Å². The molecule has 0 unspecified atom stereocenters. The Bertz CT molecular complexity index is 1860.